The van der Waals surface area contributed by atoms with Crippen LogP contribution in [0.5, 0.6) is 0 Å². The summed E-state index contributed by atoms with van der Waals surface area (Å²) in [6.45, 7) is 4.10. The number of benzene rings is 1. The quantitative estimate of drug-likeness (QED) is 0.341. The smallest absolute Gasteiger partial charge is 0.420 e. The molecule has 0 saturated heterocycles. The molecule has 1 fully saturated rings. The average Bonchev–Trinajstić information content (AvgIpc) is 3.51. The molecule has 0 spiro atoms. The van der Waals surface area contributed by atoms with Crippen LogP contribution in [0.15, 0.2) is 47.3 Å². The molecule has 6 rings (SSSR count). The lowest BCUT2D eigenvalue weighted by Crippen LogP contribution is -2.38. The van der Waals surface area contributed by atoms with E-state index in [1.807, 2.05) is 13.8 Å². The summed E-state index contributed by atoms with van der Waals surface area (Å²) in [4.78, 5) is 12.7. The van der Waals surface area contributed by atoms with Crippen LogP contribution in [0.3, 0.4) is 0 Å². The van der Waals surface area contributed by atoms with Crippen LogP contribution in [0.2, 0.25) is 0 Å². The van der Waals surface area contributed by atoms with Gasteiger partial charge in [-0.05, 0) is 47.9 Å². The Morgan fingerprint density at radius 3 is 2.50 bits per heavy atom. The predicted octanol–water partition coefficient (Wildman–Crippen LogP) is 5.67. The predicted molar refractivity (Wildman–Crippen MR) is 122 cm³/mol. The van der Waals surface area contributed by atoms with Crippen molar-refractivity contribution in [3.8, 4) is 22.8 Å². The van der Waals surface area contributed by atoms with Gasteiger partial charge in [-0.15, -0.1) is 5.10 Å². The van der Waals surface area contributed by atoms with E-state index in [4.69, 9.17) is 4.42 Å². The fourth-order valence-corrected chi connectivity index (χ4v) is 6.13. The van der Waals surface area contributed by atoms with Gasteiger partial charge in [0.1, 0.15) is 29.3 Å². The number of halogens is 5. The molecule has 2 bridgehead atoms. The van der Waals surface area contributed by atoms with Gasteiger partial charge in [0.05, 0.1) is 34.3 Å². The molecule has 0 radical (unpaired) electrons. The molecule has 1 unspecified atom stereocenters. The molecule has 1 saturated carbocycles. The molecular formula is C26H20F5N5O2. The first kappa shape index (κ1) is 24.5. The van der Waals surface area contributed by atoms with Crippen molar-refractivity contribution in [1.82, 2.24) is 25.1 Å². The Bertz CT molecular complexity index is 1550. The molecule has 3 aromatic heterocycles. The Morgan fingerprint density at radius 2 is 1.79 bits per heavy atom. The lowest BCUT2D eigenvalue weighted by Gasteiger charge is -2.37. The maximum atomic E-state index is 14.5. The average molecular weight is 529 g/mol. The number of hydrogen-bond acceptors (Lipinski definition) is 7. The Kier molecular flexibility index (Phi) is 5.23. The minimum absolute atomic E-state index is 0.0117. The summed E-state index contributed by atoms with van der Waals surface area (Å²) in [6, 6.07) is 5.27. The van der Waals surface area contributed by atoms with Crippen molar-refractivity contribution in [1.29, 1.82) is 0 Å². The molecule has 1 N–H and O–H groups in total. The molecule has 38 heavy (non-hydrogen) atoms. The van der Waals surface area contributed by atoms with E-state index in [-0.39, 0.29) is 28.8 Å². The fourth-order valence-electron chi connectivity index (χ4n) is 6.13. The number of rotatable bonds is 4. The number of fused-ring (bicyclic) bond motifs is 5. The number of oxazole rings is 1. The molecule has 0 amide bonds. The van der Waals surface area contributed by atoms with E-state index >= 15 is 0 Å². The topological polar surface area (TPSA) is 97.8 Å². The summed E-state index contributed by atoms with van der Waals surface area (Å²) in [6.07, 6.45) is -2.71. The zero-order valence-corrected chi connectivity index (χ0v) is 20.1. The molecule has 4 aromatic rings. The van der Waals surface area contributed by atoms with Crippen molar-refractivity contribution in [3.05, 3.63) is 77.2 Å². The van der Waals surface area contributed by atoms with E-state index < -0.39 is 40.4 Å². The SMILES string of the molecule is CC1(C)[C@H]2CCC1(c1cncc(-c3nc([C@@H](O)C(F)(F)F)co3)n1)c1nnc(-c3c(F)cccc3F)cc12. The van der Waals surface area contributed by atoms with Crippen molar-refractivity contribution in [2.45, 2.75) is 50.3 Å². The molecular weight excluding hydrogens is 509 g/mol. The molecule has 2 aliphatic rings. The van der Waals surface area contributed by atoms with Gasteiger partial charge >= 0.3 is 6.18 Å². The molecule has 3 atom stereocenters. The number of nitrogens with zero attached hydrogens (tertiary/aromatic N) is 5. The van der Waals surface area contributed by atoms with Gasteiger partial charge in [0, 0.05) is 6.20 Å². The number of aliphatic hydroxyl groups excluding tert-OH is 1. The third kappa shape index (κ3) is 3.32. The Balaban J connectivity index is 1.45. The largest absolute Gasteiger partial charge is 0.443 e. The van der Waals surface area contributed by atoms with Gasteiger partial charge in [-0.2, -0.15) is 18.3 Å². The van der Waals surface area contributed by atoms with E-state index in [9.17, 15) is 27.1 Å². The van der Waals surface area contributed by atoms with E-state index in [1.165, 1.54) is 12.3 Å². The minimum atomic E-state index is -4.90. The van der Waals surface area contributed by atoms with E-state index in [0.29, 0.717) is 17.8 Å². The zero-order chi connectivity index (χ0) is 27.0. The van der Waals surface area contributed by atoms with Crippen LogP contribution in [-0.2, 0) is 5.41 Å². The summed E-state index contributed by atoms with van der Waals surface area (Å²) < 4.78 is 72.9. The standard InChI is InChI=1S/C26H20F5N5O2/c1-24(2)13-6-7-25(24,21-12(13)8-16(35-36-21)20-14(27)4-3-5-15(20)28)19-10-32-9-17(33-19)23-34-18(11-38-23)22(37)26(29,30)31/h3-5,8-11,13,22,37H,6-7H2,1-2H3/t13-,22+,25?/m0/s1. The van der Waals surface area contributed by atoms with Crippen molar-refractivity contribution in [3.63, 3.8) is 0 Å². The van der Waals surface area contributed by atoms with Crippen molar-refractivity contribution in [2.75, 3.05) is 0 Å². The normalized spacial score (nSPS) is 22.5. The van der Waals surface area contributed by atoms with Gasteiger partial charge in [0.25, 0.3) is 0 Å². The van der Waals surface area contributed by atoms with Crippen LogP contribution in [-0.4, -0.2) is 36.4 Å². The first-order chi connectivity index (χ1) is 17.9. The Labute approximate surface area is 212 Å². The molecule has 7 nitrogen and oxygen atoms in total. The molecule has 1 aromatic carbocycles. The van der Waals surface area contributed by atoms with Crippen LogP contribution >= 0.6 is 0 Å². The second kappa shape index (κ2) is 8.10. The van der Waals surface area contributed by atoms with Crippen molar-refractivity contribution < 1.29 is 31.5 Å². The monoisotopic (exact) mass is 529 g/mol. The summed E-state index contributed by atoms with van der Waals surface area (Å²) in [7, 11) is 0. The maximum Gasteiger partial charge on any atom is 0.420 e. The van der Waals surface area contributed by atoms with E-state index in [0.717, 1.165) is 30.4 Å². The second-order valence-electron chi connectivity index (χ2n) is 10.2. The van der Waals surface area contributed by atoms with Crippen LogP contribution in [0.4, 0.5) is 22.0 Å². The highest BCUT2D eigenvalue weighted by Gasteiger charge is 2.65. The first-order valence-corrected chi connectivity index (χ1v) is 11.8. The van der Waals surface area contributed by atoms with Crippen LogP contribution < -0.4 is 0 Å². The molecule has 12 heteroatoms. The third-order valence-electron chi connectivity index (χ3n) is 8.00. The number of alkyl halides is 3. The molecule has 196 valence electrons. The van der Waals surface area contributed by atoms with Crippen molar-refractivity contribution in [2.24, 2.45) is 5.41 Å². The highest BCUT2D eigenvalue weighted by Crippen LogP contribution is 2.69. The lowest BCUT2D eigenvalue weighted by molar-refractivity contribution is -0.207. The van der Waals surface area contributed by atoms with Crippen LogP contribution in [0.1, 0.15) is 61.4 Å². The van der Waals surface area contributed by atoms with Crippen molar-refractivity contribution >= 4 is 0 Å². The van der Waals surface area contributed by atoms with Crippen LogP contribution in [0.25, 0.3) is 22.8 Å². The summed E-state index contributed by atoms with van der Waals surface area (Å²) in [5.74, 6) is -1.72. The van der Waals surface area contributed by atoms with Gasteiger partial charge < -0.3 is 9.52 Å². The minimum Gasteiger partial charge on any atom is -0.443 e. The molecule has 0 aliphatic heterocycles. The highest BCUT2D eigenvalue weighted by atomic mass is 19.4. The van der Waals surface area contributed by atoms with Gasteiger partial charge in [-0.1, -0.05) is 19.9 Å². The maximum absolute atomic E-state index is 14.5. The first-order valence-electron chi connectivity index (χ1n) is 11.8. The summed E-state index contributed by atoms with van der Waals surface area (Å²) in [5, 5.41) is 18.1. The van der Waals surface area contributed by atoms with Gasteiger partial charge in [0.2, 0.25) is 5.89 Å². The molecule has 2 aliphatic carbocycles. The fraction of sp³-hybridized carbons (Fsp3) is 0.346. The Hall–Kier alpha value is -3.80. The number of aromatic nitrogens is 5. The second-order valence-corrected chi connectivity index (χ2v) is 10.2. The van der Waals surface area contributed by atoms with Gasteiger partial charge in [-0.3, -0.25) is 4.98 Å². The summed E-state index contributed by atoms with van der Waals surface area (Å²) in [5.41, 5.74) is -0.0511. The van der Waals surface area contributed by atoms with Gasteiger partial charge in [0.15, 0.2) is 6.10 Å². The van der Waals surface area contributed by atoms with E-state index in [1.54, 1.807) is 12.3 Å². The number of hydrogen-bond donors (Lipinski definition) is 1. The third-order valence-corrected chi connectivity index (χ3v) is 8.00. The Morgan fingerprint density at radius 1 is 1.05 bits per heavy atom. The zero-order valence-electron chi connectivity index (χ0n) is 20.1. The molecule has 3 heterocycles. The number of aliphatic hydroxyl groups is 1. The lowest BCUT2D eigenvalue weighted by atomic mass is 9.66. The summed E-state index contributed by atoms with van der Waals surface area (Å²) >= 11 is 0. The van der Waals surface area contributed by atoms with Crippen LogP contribution in [0, 0.1) is 17.0 Å². The van der Waals surface area contributed by atoms with E-state index in [2.05, 4.69) is 25.1 Å². The van der Waals surface area contributed by atoms with Gasteiger partial charge in [-0.25, -0.2) is 18.7 Å². The highest BCUT2D eigenvalue weighted by molar-refractivity contribution is 5.64.